The maximum absolute atomic E-state index is 14.9. The van der Waals surface area contributed by atoms with Crippen LogP contribution in [-0.2, 0) is 0 Å². The molecule has 1 unspecified atom stereocenters. The number of halogens is 3. The van der Waals surface area contributed by atoms with Crippen LogP contribution in [0.3, 0.4) is 0 Å². The smallest absolute Gasteiger partial charge is 0.150 e. The van der Waals surface area contributed by atoms with E-state index in [1.807, 2.05) is 31.2 Å². The highest BCUT2D eigenvalue weighted by Crippen LogP contribution is 2.48. The minimum absolute atomic E-state index is 0.0732. The van der Waals surface area contributed by atoms with E-state index >= 15 is 0 Å². The molecule has 4 nitrogen and oxygen atoms in total. The predicted octanol–water partition coefficient (Wildman–Crippen LogP) is 6.01. The highest BCUT2D eigenvalue weighted by Gasteiger charge is 2.31. The SMILES string of the molecule is CC1=C(c2ccc(F)cc2F)C(c2ccc(OCCN3CC(CF)C3)cc2)Oc2ccc(O)cc21. The molecule has 1 saturated heterocycles. The summed E-state index contributed by atoms with van der Waals surface area (Å²) in [6, 6.07) is 15.7. The van der Waals surface area contributed by atoms with Crippen LogP contribution in [0.15, 0.2) is 60.7 Å². The molecule has 35 heavy (non-hydrogen) atoms. The molecule has 2 aliphatic heterocycles. The van der Waals surface area contributed by atoms with Gasteiger partial charge in [0, 0.05) is 48.3 Å². The van der Waals surface area contributed by atoms with Crippen LogP contribution in [0, 0.1) is 17.6 Å². The molecule has 0 radical (unpaired) electrons. The fraction of sp³-hybridized carbons (Fsp3) is 0.286. The number of phenolic OH excluding ortho intramolecular Hbond substituents is 1. The van der Waals surface area contributed by atoms with Crippen molar-refractivity contribution in [2.24, 2.45) is 5.92 Å². The van der Waals surface area contributed by atoms with Crippen molar-refractivity contribution >= 4 is 11.1 Å². The first-order valence-corrected chi connectivity index (χ1v) is 11.6. The lowest BCUT2D eigenvalue weighted by molar-refractivity contribution is 0.0668. The van der Waals surface area contributed by atoms with Gasteiger partial charge in [-0.2, -0.15) is 0 Å². The first-order valence-electron chi connectivity index (χ1n) is 11.6. The van der Waals surface area contributed by atoms with Crippen LogP contribution >= 0.6 is 0 Å². The van der Waals surface area contributed by atoms with Gasteiger partial charge in [0.1, 0.15) is 41.6 Å². The summed E-state index contributed by atoms with van der Waals surface area (Å²) in [5.41, 5.74) is 2.97. The van der Waals surface area contributed by atoms with E-state index in [1.54, 1.807) is 12.1 Å². The Balaban J connectivity index is 1.40. The van der Waals surface area contributed by atoms with Gasteiger partial charge in [-0.3, -0.25) is 9.29 Å². The fourth-order valence-electron chi connectivity index (χ4n) is 4.72. The lowest BCUT2D eigenvalue weighted by atomic mass is 9.86. The monoisotopic (exact) mass is 481 g/mol. The summed E-state index contributed by atoms with van der Waals surface area (Å²) >= 11 is 0. The Morgan fingerprint density at radius 1 is 1.00 bits per heavy atom. The van der Waals surface area contributed by atoms with Crippen molar-refractivity contribution in [3.05, 3.63) is 89.0 Å². The van der Waals surface area contributed by atoms with Crippen molar-refractivity contribution < 1.29 is 27.8 Å². The molecule has 5 rings (SSSR count). The van der Waals surface area contributed by atoms with E-state index in [4.69, 9.17) is 9.47 Å². The van der Waals surface area contributed by atoms with Gasteiger partial charge in [-0.15, -0.1) is 0 Å². The first kappa shape index (κ1) is 23.3. The molecule has 182 valence electrons. The number of phenols is 1. The van der Waals surface area contributed by atoms with E-state index in [0.717, 1.165) is 36.8 Å². The molecule has 0 aliphatic carbocycles. The standard InChI is InChI=1S/C28H26F3NO3/c1-17-24-13-21(33)5-9-26(24)35-28(27(17)23-8-4-20(30)12-25(23)31)19-2-6-22(7-3-19)34-11-10-32-15-18(14-29)16-32/h2-9,12-13,18,28,33H,10-11,14-16H2,1H3. The molecular weight excluding hydrogens is 455 g/mol. The van der Waals surface area contributed by atoms with E-state index < -0.39 is 17.7 Å². The number of rotatable bonds is 7. The summed E-state index contributed by atoms with van der Waals surface area (Å²) in [4.78, 5) is 2.15. The van der Waals surface area contributed by atoms with Gasteiger partial charge >= 0.3 is 0 Å². The van der Waals surface area contributed by atoms with Crippen molar-refractivity contribution in [3.8, 4) is 17.2 Å². The molecule has 0 bridgehead atoms. The third-order valence-electron chi connectivity index (χ3n) is 6.61. The predicted molar refractivity (Wildman–Crippen MR) is 128 cm³/mol. The van der Waals surface area contributed by atoms with Crippen LogP contribution in [0.25, 0.3) is 11.1 Å². The maximum Gasteiger partial charge on any atom is 0.150 e. The zero-order valence-electron chi connectivity index (χ0n) is 19.3. The molecule has 0 spiro atoms. The Kier molecular flexibility index (Phi) is 6.43. The number of aromatic hydroxyl groups is 1. The van der Waals surface area contributed by atoms with Crippen molar-refractivity contribution in [2.45, 2.75) is 13.0 Å². The van der Waals surface area contributed by atoms with Crippen LogP contribution in [0.4, 0.5) is 13.2 Å². The van der Waals surface area contributed by atoms with Crippen molar-refractivity contribution in [3.63, 3.8) is 0 Å². The summed E-state index contributed by atoms with van der Waals surface area (Å²) in [5.74, 6) is 0.138. The quantitative estimate of drug-likeness (QED) is 0.449. The highest BCUT2D eigenvalue weighted by molar-refractivity contribution is 5.95. The van der Waals surface area contributed by atoms with Gasteiger partial charge in [-0.05, 0) is 60.5 Å². The number of allylic oxidation sites excluding steroid dienone is 1. The van der Waals surface area contributed by atoms with Gasteiger partial charge in [-0.25, -0.2) is 8.78 Å². The summed E-state index contributed by atoms with van der Waals surface area (Å²) in [6.45, 7) is 4.35. The molecule has 7 heteroatoms. The Labute approximate surface area is 202 Å². The molecule has 2 aliphatic rings. The Hall–Kier alpha value is -3.45. The van der Waals surface area contributed by atoms with E-state index in [9.17, 15) is 18.3 Å². The third-order valence-corrected chi connectivity index (χ3v) is 6.61. The second kappa shape index (κ2) is 9.66. The molecule has 3 aromatic rings. The third kappa shape index (κ3) is 4.73. The van der Waals surface area contributed by atoms with Crippen molar-refractivity contribution in [1.82, 2.24) is 4.90 Å². The summed E-state index contributed by atoms with van der Waals surface area (Å²) < 4.78 is 53.2. The normalized spacial score (nSPS) is 18.1. The van der Waals surface area contributed by atoms with Crippen molar-refractivity contribution in [2.75, 3.05) is 32.9 Å². The second-order valence-corrected chi connectivity index (χ2v) is 9.04. The molecule has 2 heterocycles. The average molecular weight is 482 g/mol. The fourth-order valence-corrected chi connectivity index (χ4v) is 4.72. The largest absolute Gasteiger partial charge is 0.508 e. The van der Waals surface area contributed by atoms with Gasteiger partial charge in [-0.1, -0.05) is 12.1 Å². The number of alkyl halides is 1. The molecule has 1 fully saturated rings. The van der Waals surface area contributed by atoms with E-state index in [2.05, 4.69) is 4.90 Å². The number of ether oxygens (including phenoxy) is 2. The molecule has 1 atom stereocenters. The van der Waals surface area contributed by atoms with Gasteiger partial charge in [0.05, 0.1) is 6.67 Å². The van der Waals surface area contributed by atoms with Crippen LogP contribution < -0.4 is 9.47 Å². The van der Waals surface area contributed by atoms with E-state index in [0.29, 0.717) is 29.2 Å². The van der Waals surface area contributed by atoms with Crippen LogP contribution in [0.5, 0.6) is 17.2 Å². The topological polar surface area (TPSA) is 41.9 Å². The number of likely N-dealkylation sites (tertiary alicyclic amines) is 1. The number of hydrogen-bond donors (Lipinski definition) is 1. The molecule has 1 N–H and O–H groups in total. The zero-order chi connectivity index (χ0) is 24.5. The van der Waals surface area contributed by atoms with Crippen LogP contribution in [0.1, 0.15) is 29.7 Å². The van der Waals surface area contributed by atoms with Gasteiger partial charge in [0.25, 0.3) is 0 Å². The minimum Gasteiger partial charge on any atom is -0.508 e. The Bertz CT molecular complexity index is 1250. The number of hydrogen-bond acceptors (Lipinski definition) is 4. The molecule has 3 aromatic carbocycles. The lowest BCUT2D eigenvalue weighted by Gasteiger charge is -2.37. The summed E-state index contributed by atoms with van der Waals surface area (Å²) in [5, 5.41) is 9.98. The number of fused-ring (bicyclic) bond motifs is 1. The summed E-state index contributed by atoms with van der Waals surface area (Å²) in [6.07, 6.45) is -0.639. The van der Waals surface area contributed by atoms with Crippen LogP contribution in [-0.4, -0.2) is 42.9 Å². The van der Waals surface area contributed by atoms with Crippen molar-refractivity contribution in [1.29, 1.82) is 0 Å². The van der Waals surface area contributed by atoms with Gasteiger partial charge in [0.2, 0.25) is 0 Å². The summed E-state index contributed by atoms with van der Waals surface area (Å²) in [7, 11) is 0. The first-order chi connectivity index (χ1) is 16.9. The average Bonchev–Trinajstić information content (AvgIpc) is 2.82. The number of benzene rings is 3. The van der Waals surface area contributed by atoms with E-state index in [-0.39, 0.29) is 23.9 Å². The second-order valence-electron chi connectivity index (χ2n) is 9.04. The maximum atomic E-state index is 14.9. The zero-order valence-corrected chi connectivity index (χ0v) is 19.3. The molecule has 0 saturated carbocycles. The minimum atomic E-state index is -0.683. The number of nitrogens with zero attached hydrogens (tertiary/aromatic N) is 1. The highest BCUT2D eigenvalue weighted by atomic mass is 19.1. The Morgan fingerprint density at radius 3 is 2.49 bits per heavy atom. The molecule has 0 aromatic heterocycles. The van der Waals surface area contributed by atoms with Gasteiger partial charge in [0.15, 0.2) is 0 Å². The molecular formula is C28H26F3NO3. The van der Waals surface area contributed by atoms with Crippen LogP contribution in [0.2, 0.25) is 0 Å². The van der Waals surface area contributed by atoms with Gasteiger partial charge < -0.3 is 14.6 Å². The Morgan fingerprint density at radius 2 is 1.77 bits per heavy atom. The van der Waals surface area contributed by atoms with E-state index in [1.165, 1.54) is 18.2 Å². The lowest BCUT2D eigenvalue weighted by Crippen LogP contribution is -2.49. The molecule has 0 amide bonds.